The lowest BCUT2D eigenvalue weighted by molar-refractivity contribution is 0.132. The first-order valence-corrected chi connectivity index (χ1v) is 4.18. The first-order valence-electron chi connectivity index (χ1n) is 4.18. The third-order valence-electron chi connectivity index (χ3n) is 1.63. The summed E-state index contributed by atoms with van der Waals surface area (Å²) >= 11 is 0. The molecule has 1 aromatic heterocycles. The average Bonchev–Trinajstić information content (AvgIpc) is 2.15. The molecule has 0 saturated heterocycles. The molecule has 0 aromatic carbocycles. The fraction of sp³-hybridized carbons (Fsp3) is 0.444. The van der Waals surface area contributed by atoms with Gasteiger partial charge in [-0.15, -0.1) is 0 Å². The van der Waals surface area contributed by atoms with E-state index in [1.807, 2.05) is 6.92 Å². The third kappa shape index (κ3) is 3.08. The van der Waals surface area contributed by atoms with Crippen molar-refractivity contribution in [1.29, 1.82) is 0 Å². The van der Waals surface area contributed by atoms with E-state index in [2.05, 4.69) is 4.98 Å². The van der Waals surface area contributed by atoms with Gasteiger partial charge in [-0.05, 0) is 19.1 Å². The zero-order valence-corrected chi connectivity index (χ0v) is 7.53. The van der Waals surface area contributed by atoms with E-state index in [0.717, 1.165) is 6.20 Å². The van der Waals surface area contributed by atoms with Crippen LogP contribution in [0.2, 0.25) is 0 Å². The topological polar surface area (TPSA) is 48.1 Å². The van der Waals surface area contributed by atoms with Gasteiger partial charge in [0.25, 0.3) is 0 Å². The monoisotopic (exact) mass is 184 g/mol. The van der Waals surface area contributed by atoms with Crippen LogP contribution in [0.5, 0.6) is 0 Å². The number of pyridine rings is 1. The van der Waals surface area contributed by atoms with Gasteiger partial charge >= 0.3 is 0 Å². The molecule has 0 bridgehead atoms. The van der Waals surface area contributed by atoms with Crippen molar-refractivity contribution in [3.05, 3.63) is 29.8 Å². The van der Waals surface area contributed by atoms with Crippen molar-refractivity contribution < 1.29 is 9.13 Å². The Bertz CT molecular complexity index is 250. The summed E-state index contributed by atoms with van der Waals surface area (Å²) in [6, 6.07) is 2.63. The Kier molecular flexibility index (Phi) is 3.79. The van der Waals surface area contributed by atoms with E-state index in [-0.39, 0.29) is 11.9 Å². The van der Waals surface area contributed by atoms with Gasteiger partial charge in [0.05, 0.1) is 24.5 Å². The van der Waals surface area contributed by atoms with Gasteiger partial charge in [0.15, 0.2) is 0 Å². The summed E-state index contributed by atoms with van der Waals surface area (Å²) in [6.45, 7) is 2.93. The quantitative estimate of drug-likeness (QED) is 0.766. The van der Waals surface area contributed by atoms with Crippen LogP contribution >= 0.6 is 0 Å². The molecular weight excluding hydrogens is 171 g/mol. The van der Waals surface area contributed by atoms with Crippen LogP contribution in [0.1, 0.15) is 18.7 Å². The van der Waals surface area contributed by atoms with Crippen molar-refractivity contribution in [2.75, 3.05) is 13.2 Å². The molecule has 0 radical (unpaired) electrons. The van der Waals surface area contributed by atoms with E-state index in [1.165, 1.54) is 6.07 Å². The highest BCUT2D eigenvalue weighted by atomic mass is 19.1. The molecule has 0 spiro atoms. The molecule has 3 nitrogen and oxygen atoms in total. The van der Waals surface area contributed by atoms with Gasteiger partial charge in [-0.2, -0.15) is 0 Å². The molecule has 0 fully saturated rings. The van der Waals surface area contributed by atoms with Crippen molar-refractivity contribution >= 4 is 0 Å². The summed E-state index contributed by atoms with van der Waals surface area (Å²) in [5.41, 5.74) is 6.37. The second kappa shape index (κ2) is 4.89. The maximum Gasteiger partial charge on any atom is 0.141 e. The van der Waals surface area contributed by atoms with E-state index in [0.29, 0.717) is 18.9 Å². The summed E-state index contributed by atoms with van der Waals surface area (Å²) in [5.74, 6) is -0.354. The van der Waals surface area contributed by atoms with Crippen molar-refractivity contribution in [2.24, 2.45) is 5.73 Å². The molecular formula is C9H13FN2O. The van der Waals surface area contributed by atoms with E-state index in [4.69, 9.17) is 10.5 Å². The first kappa shape index (κ1) is 10.1. The van der Waals surface area contributed by atoms with Crippen LogP contribution in [0.25, 0.3) is 0 Å². The van der Waals surface area contributed by atoms with Gasteiger partial charge in [-0.1, -0.05) is 0 Å². The number of aromatic nitrogens is 1. The zero-order chi connectivity index (χ0) is 9.68. The molecule has 13 heavy (non-hydrogen) atoms. The average molecular weight is 184 g/mol. The molecule has 2 N–H and O–H groups in total. The lowest BCUT2D eigenvalue weighted by Gasteiger charge is -2.09. The van der Waals surface area contributed by atoms with Crippen molar-refractivity contribution in [3.63, 3.8) is 0 Å². The summed E-state index contributed by atoms with van der Waals surface area (Å²) in [4.78, 5) is 3.85. The zero-order valence-electron chi connectivity index (χ0n) is 7.53. The molecule has 0 amide bonds. The minimum atomic E-state index is -0.354. The maximum atomic E-state index is 12.5. The summed E-state index contributed by atoms with van der Waals surface area (Å²) in [7, 11) is 0. The standard InChI is InChI=1S/C9H13FN2O/c1-2-13-6-8(11)9-4-3-7(10)5-12-9/h3-5,8H,2,6,11H2,1H3. The Morgan fingerprint density at radius 1 is 1.62 bits per heavy atom. The van der Waals surface area contributed by atoms with Crippen LogP contribution in [-0.2, 0) is 4.74 Å². The number of ether oxygens (including phenoxy) is 1. The van der Waals surface area contributed by atoms with Crippen LogP contribution in [0, 0.1) is 5.82 Å². The Hall–Kier alpha value is -1.00. The number of nitrogens with zero attached hydrogens (tertiary/aromatic N) is 1. The van der Waals surface area contributed by atoms with Crippen LogP contribution in [0.15, 0.2) is 18.3 Å². The van der Waals surface area contributed by atoms with Crippen LogP contribution in [0.4, 0.5) is 4.39 Å². The Labute approximate surface area is 76.7 Å². The molecule has 1 heterocycles. The minimum Gasteiger partial charge on any atom is -0.380 e. The highest BCUT2D eigenvalue weighted by Crippen LogP contribution is 2.07. The Morgan fingerprint density at radius 2 is 2.38 bits per heavy atom. The maximum absolute atomic E-state index is 12.5. The highest BCUT2D eigenvalue weighted by Gasteiger charge is 2.06. The fourth-order valence-corrected chi connectivity index (χ4v) is 0.937. The second-order valence-corrected chi connectivity index (χ2v) is 2.67. The van der Waals surface area contributed by atoms with E-state index < -0.39 is 0 Å². The number of hydrogen-bond acceptors (Lipinski definition) is 3. The van der Waals surface area contributed by atoms with E-state index in [1.54, 1.807) is 6.07 Å². The predicted molar refractivity (Wildman–Crippen MR) is 47.6 cm³/mol. The first-order chi connectivity index (χ1) is 6.24. The van der Waals surface area contributed by atoms with Gasteiger partial charge < -0.3 is 10.5 Å². The molecule has 1 atom stereocenters. The number of nitrogens with two attached hydrogens (primary N) is 1. The lowest BCUT2D eigenvalue weighted by atomic mass is 10.2. The van der Waals surface area contributed by atoms with E-state index in [9.17, 15) is 4.39 Å². The summed E-state index contributed by atoms with van der Waals surface area (Å²) < 4.78 is 17.6. The van der Waals surface area contributed by atoms with Gasteiger partial charge in [0.1, 0.15) is 5.82 Å². The molecule has 1 aromatic rings. The number of hydrogen-bond donors (Lipinski definition) is 1. The molecule has 1 unspecified atom stereocenters. The summed E-state index contributed by atoms with van der Waals surface area (Å²) in [5, 5.41) is 0. The van der Waals surface area contributed by atoms with Gasteiger partial charge in [0, 0.05) is 6.61 Å². The Morgan fingerprint density at radius 3 is 2.92 bits per heavy atom. The predicted octanol–water partition coefficient (Wildman–Crippen LogP) is 1.26. The van der Waals surface area contributed by atoms with Crippen molar-refractivity contribution in [2.45, 2.75) is 13.0 Å². The van der Waals surface area contributed by atoms with Crippen molar-refractivity contribution in [3.8, 4) is 0 Å². The van der Waals surface area contributed by atoms with Crippen LogP contribution in [-0.4, -0.2) is 18.2 Å². The smallest absolute Gasteiger partial charge is 0.141 e. The second-order valence-electron chi connectivity index (χ2n) is 2.67. The lowest BCUT2D eigenvalue weighted by Crippen LogP contribution is -2.18. The third-order valence-corrected chi connectivity index (χ3v) is 1.63. The van der Waals surface area contributed by atoms with Gasteiger partial charge in [-0.25, -0.2) is 4.39 Å². The molecule has 72 valence electrons. The van der Waals surface area contributed by atoms with Crippen LogP contribution < -0.4 is 5.73 Å². The molecule has 0 aliphatic heterocycles. The van der Waals surface area contributed by atoms with E-state index >= 15 is 0 Å². The number of halogens is 1. The molecule has 0 saturated carbocycles. The largest absolute Gasteiger partial charge is 0.380 e. The molecule has 0 aliphatic carbocycles. The van der Waals surface area contributed by atoms with Crippen molar-refractivity contribution in [1.82, 2.24) is 4.98 Å². The molecule has 1 rings (SSSR count). The molecule has 4 heteroatoms. The van der Waals surface area contributed by atoms with Gasteiger partial charge in [0.2, 0.25) is 0 Å². The fourth-order valence-electron chi connectivity index (χ4n) is 0.937. The highest BCUT2D eigenvalue weighted by molar-refractivity contribution is 5.09. The van der Waals surface area contributed by atoms with Crippen LogP contribution in [0.3, 0.4) is 0 Å². The minimum absolute atomic E-state index is 0.277. The SMILES string of the molecule is CCOCC(N)c1ccc(F)cn1. The number of rotatable bonds is 4. The van der Waals surface area contributed by atoms with Gasteiger partial charge in [-0.3, -0.25) is 4.98 Å². The summed E-state index contributed by atoms with van der Waals surface area (Å²) in [6.07, 6.45) is 1.15. The Balaban J connectivity index is 2.55. The molecule has 0 aliphatic rings. The normalized spacial score (nSPS) is 12.8.